The zero-order chi connectivity index (χ0) is 17.6. The first-order valence-electron chi connectivity index (χ1n) is 7.81. The lowest BCUT2D eigenvalue weighted by atomic mass is 10.1. The molecule has 0 spiro atoms. The Bertz CT molecular complexity index is 853. The van der Waals surface area contributed by atoms with E-state index in [9.17, 15) is 9.59 Å². The number of carbonyl (C=O) groups excluding carboxylic acids is 2. The topological polar surface area (TPSA) is 55.4 Å². The Balaban J connectivity index is 1.55. The first kappa shape index (κ1) is 16.9. The van der Waals surface area contributed by atoms with Crippen molar-refractivity contribution >= 4 is 28.8 Å². The number of hydrogen-bond acceptors (Lipinski definition) is 5. The van der Waals surface area contributed by atoms with E-state index in [1.807, 2.05) is 35.7 Å². The molecule has 1 N–H and O–H groups in total. The number of rotatable bonds is 6. The molecule has 0 bridgehead atoms. The highest BCUT2D eigenvalue weighted by Gasteiger charge is 2.09. The van der Waals surface area contributed by atoms with Crippen molar-refractivity contribution in [3.05, 3.63) is 82.0 Å². The fourth-order valence-corrected chi connectivity index (χ4v) is 2.85. The Hall–Kier alpha value is -2.92. The van der Waals surface area contributed by atoms with Gasteiger partial charge in [0.15, 0.2) is 5.78 Å². The van der Waals surface area contributed by atoms with E-state index in [4.69, 9.17) is 4.74 Å². The Labute approximate surface area is 150 Å². The summed E-state index contributed by atoms with van der Waals surface area (Å²) in [7, 11) is 0. The molecule has 0 radical (unpaired) electrons. The van der Waals surface area contributed by atoms with Crippen molar-refractivity contribution in [3.63, 3.8) is 0 Å². The van der Waals surface area contributed by atoms with Crippen LogP contribution in [0, 0.1) is 0 Å². The molecular formula is C20H17NO3S. The zero-order valence-corrected chi connectivity index (χ0v) is 14.5. The van der Waals surface area contributed by atoms with Gasteiger partial charge in [-0.3, -0.25) is 4.79 Å². The highest BCUT2D eigenvalue weighted by Crippen LogP contribution is 2.17. The van der Waals surface area contributed by atoms with Crippen LogP contribution >= 0.6 is 11.3 Å². The van der Waals surface area contributed by atoms with E-state index in [1.165, 1.54) is 11.3 Å². The molecule has 0 unspecified atom stereocenters. The summed E-state index contributed by atoms with van der Waals surface area (Å²) >= 11 is 1.36. The van der Waals surface area contributed by atoms with E-state index < -0.39 is 0 Å². The van der Waals surface area contributed by atoms with E-state index in [-0.39, 0.29) is 11.8 Å². The van der Waals surface area contributed by atoms with E-state index in [0.29, 0.717) is 22.7 Å². The van der Waals surface area contributed by atoms with Crippen LogP contribution in [-0.4, -0.2) is 11.8 Å². The lowest BCUT2D eigenvalue weighted by Crippen LogP contribution is -2.06. The third kappa shape index (κ3) is 4.55. The SMILES string of the molecule is CC(=O)c1ccc(NCc2ccc(OC(=O)c3cccs3)cc2)cc1. The Morgan fingerprint density at radius 2 is 1.72 bits per heavy atom. The molecule has 0 fully saturated rings. The van der Waals surface area contributed by atoms with Gasteiger partial charge in [0.25, 0.3) is 0 Å². The number of anilines is 1. The summed E-state index contributed by atoms with van der Waals surface area (Å²) in [6.45, 7) is 2.19. The maximum Gasteiger partial charge on any atom is 0.353 e. The van der Waals surface area contributed by atoms with E-state index in [0.717, 1.165) is 11.3 Å². The third-order valence-corrected chi connectivity index (χ3v) is 4.49. The van der Waals surface area contributed by atoms with E-state index in [2.05, 4.69) is 5.32 Å². The van der Waals surface area contributed by atoms with Crippen LogP contribution in [0.5, 0.6) is 5.75 Å². The summed E-state index contributed by atoms with van der Waals surface area (Å²) in [4.78, 5) is 23.7. The molecule has 0 aliphatic heterocycles. The quantitative estimate of drug-likeness (QED) is 0.394. The third-order valence-electron chi connectivity index (χ3n) is 3.64. The van der Waals surface area contributed by atoms with Crippen LogP contribution in [0.2, 0.25) is 0 Å². The van der Waals surface area contributed by atoms with E-state index in [1.54, 1.807) is 37.3 Å². The smallest absolute Gasteiger partial charge is 0.353 e. The Morgan fingerprint density at radius 1 is 1.00 bits per heavy atom. The number of Topliss-reactive ketones (excluding diaryl/α,β-unsaturated/α-hetero) is 1. The molecule has 3 aromatic rings. The van der Waals surface area contributed by atoms with Crippen molar-refractivity contribution in [3.8, 4) is 5.75 Å². The molecule has 1 heterocycles. The number of ether oxygens (including phenoxy) is 1. The van der Waals surface area contributed by atoms with Gasteiger partial charge < -0.3 is 10.1 Å². The average molecular weight is 351 g/mol. The van der Waals surface area contributed by atoms with Crippen LogP contribution < -0.4 is 10.1 Å². The van der Waals surface area contributed by atoms with E-state index >= 15 is 0 Å². The predicted octanol–water partition coefficient (Wildman–Crippen LogP) is 4.78. The highest BCUT2D eigenvalue weighted by molar-refractivity contribution is 7.12. The zero-order valence-electron chi connectivity index (χ0n) is 13.7. The molecule has 0 aliphatic rings. The van der Waals surface area contributed by atoms with Crippen LogP contribution in [0.3, 0.4) is 0 Å². The number of esters is 1. The molecule has 1 aromatic heterocycles. The highest BCUT2D eigenvalue weighted by atomic mass is 32.1. The molecule has 126 valence electrons. The second kappa shape index (κ2) is 7.77. The lowest BCUT2D eigenvalue weighted by molar-refractivity contribution is 0.0739. The largest absolute Gasteiger partial charge is 0.422 e. The van der Waals surface area contributed by atoms with Crippen LogP contribution in [0.4, 0.5) is 5.69 Å². The van der Waals surface area contributed by atoms with Gasteiger partial charge in [-0.15, -0.1) is 11.3 Å². The summed E-state index contributed by atoms with van der Waals surface area (Å²) in [5.41, 5.74) is 2.70. The number of benzene rings is 2. The standard InChI is InChI=1S/C20H17NO3S/c1-14(22)16-6-8-17(9-7-16)21-13-15-4-10-18(11-5-15)24-20(23)19-3-2-12-25-19/h2-12,21H,13H2,1H3. The van der Waals surface area contributed by atoms with Gasteiger partial charge in [-0.05, 0) is 60.3 Å². The molecule has 3 rings (SSSR count). The summed E-state index contributed by atoms with van der Waals surface area (Å²) in [5.74, 6) is 0.235. The Kier molecular flexibility index (Phi) is 5.26. The maximum absolute atomic E-state index is 11.9. The summed E-state index contributed by atoms with van der Waals surface area (Å²) in [6, 6.07) is 18.3. The number of ketones is 1. The molecule has 25 heavy (non-hydrogen) atoms. The van der Waals surface area contributed by atoms with Crippen molar-refractivity contribution in [2.24, 2.45) is 0 Å². The monoisotopic (exact) mass is 351 g/mol. The minimum absolute atomic E-state index is 0.0548. The van der Waals surface area contributed by atoms with Gasteiger partial charge >= 0.3 is 5.97 Å². The van der Waals surface area contributed by atoms with Crippen LogP contribution in [-0.2, 0) is 6.54 Å². The predicted molar refractivity (Wildman–Crippen MR) is 99.5 cm³/mol. The fraction of sp³-hybridized carbons (Fsp3) is 0.100. The van der Waals surface area contributed by atoms with Gasteiger partial charge in [-0.2, -0.15) is 0 Å². The van der Waals surface area contributed by atoms with Gasteiger partial charge in [-0.25, -0.2) is 4.79 Å². The van der Waals surface area contributed by atoms with Crippen molar-refractivity contribution < 1.29 is 14.3 Å². The van der Waals surface area contributed by atoms with Crippen LogP contribution in [0.15, 0.2) is 66.0 Å². The number of carbonyl (C=O) groups is 2. The lowest BCUT2D eigenvalue weighted by Gasteiger charge is -2.08. The molecule has 5 heteroatoms. The van der Waals surface area contributed by atoms with Gasteiger partial charge in [0, 0.05) is 17.8 Å². The van der Waals surface area contributed by atoms with Gasteiger partial charge in [-0.1, -0.05) is 18.2 Å². The summed E-state index contributed by atoms with van der Waals surface area (Å²) in [6.07, 6.45) is 0. The minimum Gasteiger partial charge on any atom is -0.422 e. The Morgan fingerprint density at radius 3 is 2.32 bits per heavy atom. The normalized spacial score (nSPS) is 10.3. The molecule has 0 atom stereocenters. The van der Waals surface area contributed by atoms with Crippen LogP contribution in [0.25, 0.3) is 0 Å². The van der Waals surface area contributed by atoms with Crippen molar-refractivity contribution in [2.45, 2.75) is 13.5 Å². The average Bonchev–Trinajstić information content (AvgIpc) is 3.16. The summed E-state index contributed by atoms with van der Waals surface area (Å²) < 4.78 is 5.33. The second-order valence-electron chi connectivity index (χ2n) is 5.50. The summed E-state index contributed by atoms with van der Waals surface area (Å²) in [5, 5.41) is 5.13. The molecule has 0 saturated heterocycles. The number of thiophene rings is 1. The molecule has 0 saturated carbocycles. The first-order chi connectivity index (χ1) is 12.1. The van der Waals surface area contributed by atoms with Gasteiger partial charge in [0.2, 0.25) is 0 Å². The molecule has 0 aliphatic carbocycles. The maximum atomic E-state index is 11.9. The van der Waals surface area contributed by atoms with Crippen molar-refractivity contribution in [2.75, 3.05) is 5.32 Å². The molecule has 0 amide bonds. The fourth-order valence-electron chi connectivity index (χ4n) is 2.25. The van der Waals surface area contributed by atoms with Gasteiger partial charge in [0.1, 0.15) is 10.6 Å². The minimum atomic E-state index is -0.341. The van der Waals surface area contributed by atoms with Crippen LogP contribution in [0.1, 0.15) is 32.5 Å². The second-order valence-corrected chi connectivity index (χ2v) is 6.45. The molecule has 4 nitrogen and oxygen atoms in total. The van der Waals surface area contributed by atoms with Crippen molar-refractivity contribution in [1.82, 2.24) is 0 Å². The number of nitrogens with one attached hydrogen (secondary N) is 1. The van der Waals surface area contributed by atoms with Crippen molar-refractivity contribution in [1.29, 1.82) is 0 Å². The number of hydrogen-bond donors (Lipinski definition) is 1. The molecular weight excluding hydrogens is 334 g/mol. The van der Waals surface area contributed by atoms with Gasteiger partial charge in [0.05, 0.1) is 0 Å². The molecule has 2 aromatic carbocycles. The first-order valence-corrected chi connectivity index (χ1v) is 8.69.